The van der Waals surface area contributed by atoms with Gasteiger partial charge in [-0.3, -0.25) is 4.99 Å². The minimum Gasteiger partial charge on any atom is -0.490 e. The molecule has 144 valence electrons. The molecular weight excluding hydrogens is 328 g/mol. The summed E-state index contributed by atoms with van der Waals surface area (Å²) < 4.78 is 11.4. The summed E-state index contributed by atoms with van der Waals surface area (Å²) in [7, 11) is 1.80. The molecule has 2 N–H and O–H groups in total. The lowest BCUT2D eigenvalue weighted by Crippen LogP contribution is -2.43. The first-order valence-electron chi connectivity index (χ1n) is 9.73. The Bertz CT molecular complexity index is 610. The molecule has 1 saturated heterocycles. The molecule has 0 radical (unpaired) electrons. The summed E-state index contributed by atoms with van der Waals surface area (Å²) in [6, 6.07) is 5.92. The van der Waals surface area contributed by atoms with E-state index in [-0.39, 0.29) is 0 Å². The summed E-state index contributed by atoms with van der Waals surface area (Å²) in [6.07, 6.45) is 2.26. The van der Waals surface area contributed by atoms with Crippen molar-refractivity contribution < 1.29 is 9.47 Å². The van der Waals surface area contributed by atoms with Gasteiger partial charge in [0.1, 0.15) is 0 Å². The highest BCUT2D eigenvalue weighted by atomic mass is 16.5. The highest BCUT2D eigenvalue weighted by molar-refractivity contribution is 5.93. The van der Waals surface area contributed by atoms with Gasteiger partial charge in [-0.25, -0.2) is 0 Å². The minimum absolute atomic E-state index is 0.691. The van der Waals surface area contributed by atoms with Crippen molar-refractivity contribution in [3.05, 3.63) is 18.2 Å². The lowest BCUT2D eigenvalue weighted by atomic mass is 9.92. The van der Waals surface area contributed by atoms with Gasteiger partial charge in [0.05, 0.1) is 13.2 Å². The second-order valence-corrected chi connectivity index (χ2v) is 7.54. The third-order valence-corrected chi connectivity index (χ3v) is 4.90. The number of likely N-dealkylation sites (tertiary alicyclic amines) is 1. The molecule has 3 rings (SSSR count). The van der Waals surface area contributed by atoms with Crippen LogP contribution >= 0.6 is 0 Å². The summed E-state index contributed by atoms with van der Waals surface area (Å²) in [5.41, 5.74) is 0.947. The molecule has 0 aromatic heterocycles. The van der Waals surface area contributed by atoms with Crippen LogP contribution in [-0.2, 0) is 0 Å². The van der Waals surface area contributed by atoms with Gasteiger partial charge in [-0.05, 0) is 30.4 Å². The fourth-order valence-corrected chi connectivity index (χ4v) is 3.86. The number of hydrogen-bond acceptors (Lipinski definition) is 4. The molecular formula is C20H32N4O2. The average molecular weight is 361 g/mol. The molecule has 6 heteroatoms. The molecule has 0 aliphatic carbocycles. The first-order chi connectivity index (χ1) is 12.6. The molecule has 26 heavy (non-hydrogen) atoms. The summed E-state index contributed by atoms with van der Waals surface area (Å²) in [6.45, 7) is 10.4. The molecule has 1 aromatic rings. The Balaban J connectivity index is 1.49. The second-order valence-electron chi connectivity index (χ2n) is 7.54. The Hall–Kier alpha value is -1.95. The van der Waals surface area contributed by atoms with Gasteiger partial charge in [0.2, 0.25) is 0 Å². The maximum atomic E-state index is 5.75. The van der Waals surface area contributed by atoms with E-state index in [4.69, 9.17) is 9.47 Å². The number of fused-ring (bicyclic) bond motifs is 1. The summed E-state index contributed by atoms with van der Waals surface area (Å²) >= 11 is 0. The van der Waals surface area contributed by atoms with E-state index in [9.17, 15) is 0 Å². The zero-order chi connectivity index (χ0) is 18.4. The van der Waals surface area contributed by atoms with Gasteiger partial charge in [0, 0.05) is 51.4 Å². The molecule has 0 spiro atoms. The highest BCUT2D eigenvalue weighted by Gasteiger charge is 2.21. The number of ether oxygens (including phenoxy) is 2. The Labute approximate surface area is 157 Å². The van der Waals surface area contributed by atoms with E-state index in [0.717, 1.165) is 54.5 Å². The molecule has 2 atom stereocenters. The standard InChI is InChI=1S/C20H32N4O2/c1-15-11-16(2)14-24(13-15)8-7-22-20(21-3)23-17-5-6-18-19(12-17)26-10-4-9-25-18/h5-6,12,15-16H,4,7-11,13-14H2,1-3H3,(H2,21,22,23). The number of benzene rings is 1. The normalized spacial score (nSPS) is 24.0. The van der Waals surface area contributed by atoms with Gasteiger partial charge in [-0.2, -0.15) is 0 Å². The monoisotopic (exact) mass is 360 g/mol. The number of guanidine groups is 1. The van der Waals surface area contributed by atoms with E-state index in [1.165, 1.54) is 19.5 Å². The fraction of sp³-hybridized carbons (Fsp3) is 0.650. The first kappa shape index (κ1) is 18.8. The zero-order valence-corrected chi connectivity index (χ0v) is 16.3. The topological polar surface area (TPSA) is 58.1 Å². The van der Waals surface area contributed by atoms with Crippen molar-refractivity contribution in [3.63, 3.8) is 0 Å². The van der Waals surface area contributed by atoms with Crippen molar-refractivity contribution in [1.82, 2.24) is 10.2 Å². The van der Waals surface area contributed by atoms with E-state index in [0.29, 0.717) is 13.2 Å². The Morgan fingerprint density at radius 1 is 1.15 bits per heavy atom. The van der Waals surface area contributed by atoms with E-state index < -0.39 is 0 Å². The van der Waals surface area contributed by atoms with Crippen molar-refractivity contribution in [3.8, 4) is 11.5 Å². The van der Waals surface area contributed by atoms with Crippen molar-refractivity contribution in [2.75, 3.05) is 51.8 Å². The zero-order valence-electron chi connectivity index (χ0n) is 16.3. The third kappa shape index (κ3) is 5.27. The van der Waals surface area contributed by atoms with Crippen LogP contribution < -0.4 is 20.1 Å². The summed E-state index contributed by atoms with van der Waals surface area (Å²) in [4.78, 5) is 6.88. The van der Waals surface area contributed by atoms with Crippen molar-refractivity contribution in [2.45, 2.75) is 26.7 Å². The fourth-order valence-electron chi connectivity index (χ4n) is 3.86. The van der Waals surface area contributed by atoms with Gasteiger partial charge >= 0.3 is 0 Å². The molecule has 2 unspecified atom stereocenters. The van der Waals surface area contributed by atoms with Crippen LogP contribution in [-0.4, -0.2) is 57.3 Å². The molecule has 2 aliphatic heterocycles. The number of rotatable bonds is 4. The van der Waals surface area contributed by atoms with Gasteiger partial charge in [0.25, 0.3) is 0 Å². The van der Waals surface area contributed by atoms with E-state index in [2.05, 4.69) is 34.4 Å². The maximum Gasteiger partial charge on any atom is 0.195 e. The highest BCUT2D eigenvalue weighted by Crippen LogP contribution is 2.32. The van der Waals surface area contributed by atoms with Crippen molar-refractivity contribution in [1.29, 1.82) is 0 Å². The van der Waals surface area contributed by atoms with Crippen LogP contribution in [0, 0.1) is 11.8 Å². The molecule has 2 aliphatic rings. The number of nitrogens with one attached hydrogen (secondary N) is 2. The van der Waals surface area contributed by atoms with Gasteiger partial charge in [-0.1, -0.05) is 13.8 Å². The summed E-state index contributed by atoms with van der Waals surface area (Å²) in [5.74, 6) is 3.96. The number of piperidine rings is 1. The SMILES string of the molecule is CN=C(NCCN1CC(C)CC(C)C1)Nc1ccc2c(c1)OCCCO2. The van der Waals surface area contributed by atoms with Gasteiger partial charge in [-0.15, -0.1) is 0 Å². The molecule has 0 saturated carbocycles. The van der Waals surface area contributed by atoms with Crippen LogP contribution in [0.3, 0.4) is 0 Å². The largest absolute Gasteiger partial charge is 0.490 e. The van der Waals surface area contributed by atoms with Gasteiger partial charge < -0.3 is 25.0 Å². The molecule has 0 bridgehead atoms. The summed E-state index contributed by atoms with van der Waals surface area (Å²) in [5, 5.41) is 6.75. The average Bonchev–Trinajstić information content (AvgIpc) is 2.85. The number of hydrogen-bond donors (Lipinski definition) is 2. The van der Waals surface area contributed by atoms with Crippen molar-refractivity contribution >= 4 is 11.6 Å². The number of aliphatic imine (C=N–C) groups is 1. The molecule has 1 fully saturated rings. The van der Waals surface area contributed by atoms with Crippen LogP contribution in [0.5, 0.6) is 11.5 Å². The smallest absolute Gasteiger partial charge is 0.195 e. The molecule has 0 amide bonds. The lowest BCUT2D eigenvalue weighted by Gasteiger charge is -2.35. The van der Waals surface area contributed by atoms with Crippen LogP contribution in [0.25, 0.3) is 0 Å². The first-order valence-corrected chi connectivity index (χ1v) is 9.73. The Morgan fingerprint density at radius 2 is 1.88 bits per heavy atom. The lowest BCUT2D eigenvalue weighted by molar-refractivity contribution is 0.143. The number of nitrogens with zero attached hydrogens (tertiary/aromatic N) is 2. The molecule has 1 aromatic carbocycles. The maximum absolute atomic E-state index is 5.75. The van der Waals surface area contributed by atoms with Crippen LogP contribution in [0.15, 0.2) is 23.2 Å². The predicted octanol–water partition coefficient (Wildman–Crippen LogP) is 2.81. The second kappa shape index (κ2) is 9.12. The van der Waals surface area contributed by atoms with Crippen molar-refractivity contribution in [2.24, 2.45) is 16.8 Å². The molecule has 2 heterocycles. The Kier molecular flexibility index (Phi) is 6.61. The van der Waals surface area contributed by atoms with Crippen LogP contribution in [0.2, 0.25) is 0 Å². The van der Waals surface area contributed by atoms with Crippen LogP contribution in [0.1, 0.15) is 26.7 Å². The third-order valence-electron chi connectivity index (χ3n) is 4.90. The van der Waals surface area contributed by atoms with E-state index in [1.807, 2.05) is 18.2 Å². The molecule has 6 nitrogen and oxygen atoms in total. The Morgan fingerprint density at radius 3 is 2.62 bits per heavy atom. The van der Waals surface area contributed by atoms with E-state index in [1.54, 1.807) is 7.05 Å². The van der Waals surface area contributed by atoms with Gasteiger partial charge in [0.15, 0.2) is 17.5 Å². The predicted molar refractivity (Wildman–Crippen MR) is 106 cm³/mol. The quantitative estimate of drug-likeness (QED) is 0.639. The number of anilines is 1. The van der Waals surface area contributed by atoms with E-state index >= 15 is 0 Å². The van der Waals surface area contributed by atoms with Crippen LogP contribution in [0.4, 0.5) is 5.69 Å². The minimum atomic E-state index is 0.691.